The lowest BCUT2D eigenvalue weighted by Gasteiger charge is -2.16. The van der Waals surface area contributed by atoms with E-state index in [1.807, 2.05) is 13.0 Å². The first-order valence-corrected chi connectivity index (χ1v) is 17.3. The number of benzene rings is 8. The second-order valence-corrected chi connectivity index (χ2v) is 13.3. The molecule has 0 saturated heterocycles. The average Bonchev–Trinajstić information content (AvgIpc) is 3.69. The molecule has 0 atom stereocenters. The van der Waals surface area contributed by atoms with Gasteiger partial charge in [-0.25, -0.2) is 0 Å². The molecule has 234 valence electrons. The van der Waals surface area contributed by atoms with E-state index in [1.54, 1.807) is 6.20 Å². The molecule has 0 unspecified atom stereocenters. The Morgan fingerprint density at radius 3 is 1.28 bits per heavy atom. The van der Waals surface area contributed by atoms with Crippen molar-refractivity contribution in [2.75, 3.05) is 0 Å². The molecule has 0 amide bonds. The summed E-state index contributed by atoms with van der Waals surface area (Å²) in [7, 11) is 0. The van der Waals surface area contributed by atoms with Crippen molar-refractivity contribution in [2.45, 2.75) is 6.92 Å². The molecule has 0 aromatic heterocycles. The van der Waals surface area contributed by atoms with Crippen molar-refractivity contribution in [1.82, 2.24) is 0 Å². The Balaban J connectivity index is 1.21. The van der Waals surface area contributed by atoms with Gasteiger partial charge >= 0.3 is 0 Å². The van der Waals surface area contributed by atoms with E-state index in [0.29, 0.717) is 0 Å². The van der Waals surface area contributed by atoms with Crippen LogP contribution in [0.2, 0.25) is 0 Å². The van der Waals surface area contributed by atoms with Crippen molar-refractivity contribution < 1.29 is 0 Å². The van der Waals surface area contributed by atoms with Gasteiger partial charge in [-0.2, -0.15) is 0 Å². The smallest absolute Gasteiger partial charge is 0.00201 e. The first-order valence-electron chi connectivity index (χ1n) is 17.3. The third kappa shape index (κ3) is 4.14. The second kappa shape index (κ2) is 11.1. The molecule has 1 nitrogen and oxygen atoms in total. The van der Waals surface area contributed by atoms with Gasteiger partial charge in [-0.3, -0.25) is 0 Å². The molecule has 1 heteroatoms. The highest BCUT2D eigenvalue weighted by molar-refractivity contribution is 6.20. The average molecular weight is 636 g/mol. The van der Waals surface area contributed by atoms with Gasteiger partial charge in [-0.15, -0.1) is 0 Å². The molecule has 0 radical (unpaired) electrons. The van der Waals surface area contributed by atoms with Crippen LogP contribution in [-0.2, 0) is 0 Å². The fourth-order valence-electron chi connectivity index (χ4n) is 8.54. The predicted octanol–water partition coefficient (Wildman–Crippen LogP) is 13.2. The Morgan fingerprint density at radius 1 is 0.400 bits per heavy atom. The predicted molar refractivity (Wildman–Crippen MR) is 214 cm³/mol. The maximum atomic E-state index is 5.76. The molecular formula is C49H33N. The minimum absolute atomic E-state index is 1.11. The summed E-state index contributed by atoms with van der Waals surface area (Å²) in [4.78, 5) is 0. The van der Waals surface area contributed by atoms with Gasteiger partial charge in [0.2, 0.25) is 0 Å². The zero-order valence-corrected chi connectivity index (χ0v) is 27.7. The van der Waals surface area contributed by atoms with E-state index >= 15 is 0 Å². The van der Waals surface area contributed by atoms with Crippen LogP contribution in [0.25, 0.3) is 105 Å². The Kier molecular flexibility index (Phi) is 6.31. The summed E-state index contributed by atoms with van der Waals surface area (Å²) >= 11 is 0. The molecule has 50 heavy (non-hydrogen) atoms. The first kappa shape index (κ1) is 28.6. The molecular weight excluding hydrogens is 603 g/mol. The van der Waals surface area contributed by atoms with Crippen LogP contribution in [0.5, 0.6) is 0 Å². The molecule has 0 spiro atoms. The summed E-state index contributed by atoms with van der Waals surface area (Å²) in [6, 6.07) is 56.5. The molecule has 0 aliphatic heterocycles. The lowest BCUT2D eigenvalue weighted by atomic mass is 9.88. The van der Waals surface area contributed by atoms with Crippen LogP contribution in [0, 0.1) is 0 Å². The highest BCUT2D eigenvalue weighted by Gasteiger charge is 2.24. The molecule has 0 saturated carbocycles. The maximum absolute atomic E-state index is 5.76. The fourth-order valence-corrected chi connectivity index (χ4v) is 8.54. The maximum Gasteiger partial charge on any atom is -0.00201 e. The van der Waals surface area contributed by atoms with E-state index in [-0.39, 0.29) is 0 Å². The molecule has 0 bridgehead atoms. The number of rotatable bonds is 5. The topological polar surface area (TPSA) is 26.0 Å². The number of allylic oxidation sites excluding steroid dienone is 3. The molecule has 2 aliphatic rings. The van der Waals surface area contributed by atoms with Gasteiger partial charge in [0.05, 0.1) is 0 Å². The molecule has 8 aromatic carbocycles. The van der Waals surface area contributed by atoms with Crippen LogP contribution in [0.4, 0.5) is 0 Å². The SMILES string of the molecule is C/C=C(\C=C/N)c1ccc(-c2cc(-c3ccc4c5c(cccc35)-c3ccccc3-4)cc(-c3ccc4c5c(cccc35)-c3ccccc3-4)c2)cc1. The standard InChI is InChI=1S/C49H33N/c1-2-30(25-26-50)31-17-19-32(20-18-31)33-27-34(36-21-23-46-40-11-5-3-9-38(40)44-15-7-13-42(36)48(44)46)29-35(28-33)37-22-24-47-41-12-6-4-10-39(41)45-16-8-14-43(37)49(45)47/h2-29H,50H2,1H3/b26-25-,30-2+. The Hall–Kier alpha value is -6.44. The van der Waals surface area contributed by atoms with Gasteiger partial charge in [-0.05, 0) is 148 Å². The zero-order chi connectivity index (χ0) is 33.3. The van der Waals surface area contributed by atoms with E-state index in [4.69, 9.17) is 5.73 Å². The van der Waals surface area contributed by atoms with Gasteiger partial charge < -0.3 is 5.73 Å². The van der Waals surface area contributed by atoms with Crippen LogP contribution < -0.4 is 5.73 Å². The van der Waals surface area contributed by atoms with Crippen molar-refractivity contribution in [2.24, 2.45) is 5.73 Å². The van der Waals surface area contributed by atoms with E-state index in [0.717, 1.165) is 11.1 Å². The second-order valence-electron chi connectivity index (χ2n) is 13.3. The fraction of sp³-hybridized carbons (Fsp3) is 0.0204. The molecule has 2 N–H and O–H groups in total. The number of hydrogen-bond acceptors (Lipinski definition) is 1. The lowest BCUT2D eigenvalue weighted by molar-refractivity contribution is 1.54. The van der Waals surface area contributed by atoms with Crippen LogP contribution >= 0.6 is 0 Å². The van der Waals surface area contributed by atoms with E-state index in [2.05, 4.69) is 158 Å². The zero-order valence-electron chi connectivity index (χ0n) is 27.7. The minimum atomic E-state index is 1.11. The highest BCUT2D eigenvalue weighted by Crippen LogP contribution is 2.51. The Bertz CT molecular complexity index is 2550. The molecule has 2 aliphatic carbocycles. The van der Waals surface area contributed by atoms with E-state index in [9.17, 15) is 0 Å². The Labute approximate surface area is 292 Å². The van der Waals surface area contributed by atoms with Crippen molar-refractivity contribution >= 4 is 27.1 Å². The van der Waals surface area contributed by atoms with Crippen molar-refractivity contribution in [1.29, 1.82) is 0 Å². The summed E-state index contributed by atoms with van der Waals surface area (Å²) in [6.07, 6.45) is 5.65. The summed E-state index contributed by atoms with van der Waals surface area (Å²) in [5.41, 5.74) is 25.9. The monoisotopic (exact) mass is 635 g/mol. The third-order valence-electron chi connectivity index (χ3n) is 10.8. The summed E-state index contributed by atoms with van der Waals surface area (Å²) < 4.78 is 0. The molecule has 0 fully saturated rings. The largest absolute Gasteiger partial charge is 0.405 e. The van der Waals surface area contributed by atoms with Gasteiger partial charge in [0.15, 0.2) is 0 Å². The quantitative estimate of drug-likeness (QED) is 0.187. The van der Waals surface area contributed by atoms with Crippen molar-refractivity contribution in [3.8, 4) is 77.9 Å². The first-order chi connectivity index (χ1) is 24.7. The van der Waals surface area contributed by atoms with Gasteiger partial charge in [0, 0.05) is 0 Å². The molecule has 0 heterocycles. The van der Waals surface area contributed by atoms with Crippen molar-refractivity contribution in [3.63, 3.8) is 0 Å². The Morgan fingerprint density at radius 2 is 0.820 bits per heavy atom. The third-order valence-corrected chi connectivity index (χ3v) is 10.8. The van der Waals surface area contributed by atoms with Gasteiger partial charge in [0.1, 0.15) is 0 Å². The van der Waals surface area contributed by atoms with E-state index in [1.165, 1.54) is 99.4 Å². The number of nitrogens with two attached hydrogens (primary N) is 1. The van der Waals surface area contributed by atoms with E-state index < -0.39 is 0 Å². The normalized spacial score (nSPS) is 12.6. The minimum Gasteiger partial charge on any atom is -0.405 e. The highest BCUT2D eigenvalue weighted by atomic mass is 14.5. The van der Waals surface area contributed by atoms with Crippen LogP contribution in [-0.4, -0.2) is 0 Å². The molecule has 10 rings (SSSR count). The van der Waals surface area contributed by atoms with Crippen LogP contribution in [0.3, 0.4) is 0 Å². The molecule has 8 aromatic rings. The van der Waals surface area contributed by atoms with Crippen LogP contribution in [0.15, 0.2) is 170 Å². The number of hydrogen-bond donors (Lipinski definition) is 1. The lowest BCUT2D eigenvalue weighted by Crippen LogP contribution is -1.90. The van der Waals surface area contributed by atoms with Crippen molar-refractivity contribution in [3.05, 3.63) is 176 Å². The summed E-state index contributed by atoms with van der Waals surface area (Å²) in [5.74, 6) is 0. The number of fused-ring (bicyclic) bond motifs is 6. The van der Waals surface area contributed by atoms with Gasteiger partial charge in [-0.1, -0.05) is 140 Å². The summed E-state index contributed by atoms with van der Waals surface area (Å²) in [6.45, 7) is 2.05. The summed E-state index contributed by atoms with van der Waals surface area (Å²) in [5, 5.41) is 5.27. The van der Waals surface area contributed by atoms with Crippen LogP contribution in [0.1, 0.15) is 12.5 Å². The van der Waals surface area contributed by atoms with Gasteiger partial charge in [0.25, 0.3) is 0 Å².